The van der Waals surface area contributed by atoms with Gasteiger partial charge in [-0.1, -0.05) is 30.1 Å². The predicted octanol–water partition coefficient (Wildman–Crippen LogP) is 3.72. The summed E-state index contributed by atoms with van der Waals surface area (Å²) in [5, 5.41) is 4.57. The zero-order valence-electron chi connectivity index (χ0n) is 12.7. The van der Waals surface area contributed by atoms with Gasteiger partial charge in [0.1, 0.15) is 0 Å². The van der Waals surface area contributed by atoms with Crippen LogP contribution in [-0.2, 0) is 11.2 Å². The maximum atomic E-state index is 12.8. The van der Waals surface area contributed by atoms with Crippen LogP contribution in [0, 0.1) is 11.8 Å². The maximum absolute atomic E-state index is 12.8. The van der Waals surface area contributed by atoms with E-state index in [2.05, 4.69) is 12.2 Å². The average molecular weight is 364 g/mol. The molecular formula is C16H21Cl3N2O. The Kier molecular flexibility index (Phi) is 5.65. The van der Waals surface area contributed by atoms with Crippen LogP contribution in [0.2, 0.25) is 10.0 Å². The monoisotopic (exact) mass is 362 g/mol. The number of amides is 1. The van der Waals surface area contributed by atoms with E-state index in [-0.39, 0.29) is 30.3 Å². The van der Waals surface area contributed by atoms with E-state index < -0.39 is 0 Å². The number of hydrogen-bond acceptors (Lipinski definition) is 2. The summed E-state index contributed by atoms with van der Waals surface area (Å²) in [7, 11) is 0. The third-order valence-corrected chi connectivity index (χ3v) is 5.41. The molecule has 2 unspecified atom stereocenters. The van der Waals surface area contributed by atoms with Crippen LogP contribution in [0.4, 0.5) is 0 Å². The van der Waals surface area contributed by atoms with Gasteiger partial charge in [0, 0.05) is 22.5 Å². The van der Waals surface area contributed by atoms with Crippen LogP contribution in [0.3, 0.4) is 0 Å². The van der Waals surface area contributed by atoms with Gasteiger partial charge in [-0.15, -0.1) is 12.4 Å². The number of hydrogen-bond donors (Lipinski definition) is 1. The van der Waals surface area contributed by atoms with Crippen molar-refractivity contribution in [3.63, 3.8) is 0 Å². The number of benzene rings is 1. The number of halogens is 3. The van der Waals surface area contributed by atoms with Gasteiger partial charge in [-0.05, 0) is 55.6 Å². The van der Waals surface area contributed by atoms with Gasteiger partial charge < -0.3 is 10.2 Å². The lowest BCUT2D eigenvalue weighted by Gasteiger charge is -2.40. The second-order valence-corrected chi connectivity index (χ2v) is 6.97. The van der Waals surface area contributed by atoms with Gasteiger partial charge in [0.2, 0.25) is 5.91 Å². The number of nitrogens with one attached hydrogen (secondary N) is 1. The largest absolute Gasteiger partial charge is 0.335 e. The van der Waals surface area contributed by atoms with Gasteiger partial charge in [0.15, 0.2) is 0 Å². The molecule has 0 aromatic heterocycles. The number of carbonyl (C=O) groups is 1. The zero-order chi connectivity index (χ0) is 15.1. The highest BCUT2D eigenvalue weighted by Gasteiger charge is 2.36. The Bertz CT molecular complexity index is 575. The van der Waals surface area contributed by atoms with E-state index in [1.165, 1.54) is 5.56 Å². The normalized spacial score (nSPS) is 22.4. The molecule has 2 heterocycles. The van der Waals surface area contributed by atoms with Crippen molar-refractivity contribution in [2.45, 2.75) is 26.3 Å². The highest BCUT2D eigenvalue weighted by molar-refractivity contribution is 6.35. The van der Waals surface area contributed by atoms with E-state index in [4.69, 9.17) is 23.2 Å². The van der Waals surface area contributed by atoms with Crippen LogP contribution in [0.1, 0.15) is 31.0 Å². The average Bonchev–Trinajstić information content (AvgIpc) is 2.35. The molecule has 1 N–H and O–H groups in total. The number of fused-ring (bicyclic) bond motifs is 1. The van der Waals surface area contributed by atoms with Gasteiger partial charge in [0.25, 0.3) is 0 Å². The van der Waals surface area contributed by atoms with E-state index in [1.54, 1.807) is 6.07 Å². The first-order chi connectivity index (χ1) is 9.99. The second-order valence-electron chi connectivity index (χ2n) is 6.13. The molecule has 1 aromatic carbocycles. The molecule has 2 atom stereocenters. The van der Waals surface area contributed by atoms with Gasteiger partial charge in [-0.3, -0.25) is 4.79 Å². The molecule has 2 aliphatic rings. The Morgan fingerprint density at radius 3 is 2.64 bits per heavy atom. The minimum Gasteiger partial charge on any atom is -0.335 e. The van der Waals surface area contributed by atoms with E-state index >= 15 is 0 Å². The van der Waals surface area contributed by atoms with Crippen molar-refractivity contribution in [2.75, 3.05) is 19.6 Å². The lowest BCUT2D eigenvalue weighted by molar-refractivity contribution is -0.140. The first-order valence-electron chi connectivity index (χ1n) is 7.48. The fourth-order valence-corrected chi connectivity index (χ4v) is 4.03. The minimum atomic E-state index is 0. The van der Waals surface area contributed by atoms with Crippen LogP contribution in [0.25, 0.3) is 0 Å². The first-order valence-corrected chi connectivity index (χ1v) is 8.23. The SMILES string of the molecule is CC(C(=O)N1CCc2cc(Cl)cc(Cl)c2C1C)C1CNC1.Cl. The fourth-order valence-electron chi connectivity index (χ4n) is 3.33. The van der Waals surface area contributed by atoms with Crippen molar-refractivity contribution in [1.29, 1.82) is 0 Å². The maximum Gasteiger partial charge on any atom is 0.226 e. The third kappa shape index (κ3) is 3.09. The molecule has 0 aliphatic carbocycles. The molecule has 2 aliphatic heterocycles. The van der Waals surface area contributed by atoms with Crippen LogP contribution < -0.4 is 5.32 Å². The second kappa shape index (κ2) is 6.96. The van der Waals surface area contributed by atoms with Crippen molar-refractivity contribution >= 4 is 41.5 Å². The molecule has 0 radical (unpaired) electrons. The van der Waals surface area contributed by atoms with Gasteiger partial charge >= 0.3 is 0 Å². The fraction of sp³-hybridized carbons (Fsp3) is 0.562. The molecule has 1 amide bonds. The Hall–Kier alpha value is -0.480. The van der Waals surface area contributed by atoms with E-state index in [1.807, 2.05) is 17.9 Å². The lowest BCUT2D eigenvalue weighted by atomic mass is 9.86. The zero-order valence-corrected chi connectivity index (χ0v) is 15.1. The quantitative estimate of drug-likeness (QED) is 0.868. The molecule has 1 aromatic rings. The van der Waals surface area contributed by atoms with Gasteiger partial charge in [-0.25, -0.2) is 0 Å². The summed E-state index contributed by atoms with van der Waals surface area (Å²) >= 11 is 12.4. The van der Waals surface area contributed by atoms with Crippen LogP contribution in [0.15, 0.2) is 12.1 Å². The van der Waals surface area contributed by atoms with E-state index in [9.17, 15) is 4.79 Å². The number of rotatable bonds is 2. The Labute approximate surface area is 147 Å². The van der Waals surface area contributed by atoms with Crippen LogP contribution >= 0.6 is 35.6 Å². The van der Waals surface area contributed by atoms with Crippen molar-refractivity contribution in [1.82, 2.24) is 10.2 Å². The molecule has 1 fully saturated rings. The summed E-state index contributed by atoms with van der Waals surface area (Å²) in [4.78, 5) is 14.7. The summed E-state index contributed by atoms with van der Waals surface area (Å²) in [5.41, 5.74) is 2.22. The molecule has 3 nitrogen and oxygen atoms in total. The number of carbonyl (C=O) groups excluding carboxylic acids is 1. The number of nitrogens with zero attached hydrogens (tertiary/aromatic N) is 1. The smallest absolute Gasteiger partial charge is 0.226 e. The highest BCUT2D eigenvalue weighted by Crippen LogP contribution is 2.38. The van der Waals surface area contributed by atoms with Crippen LogP contribution in [0.5, 0.6) is 0 Å². The van der Waals surface area contributed by atoms with Crippen molar-refractivity contribution < 1.29 is 4.79 Å². The molecule has 0 saturated carbocycles. The van der Waals surface area contributed by atoms with Gasteiger partial charge in [0.05, 0.1) is 6.04 Å². The van der Waals surface area contributed by atoms with Gasteiger partial charge in [-0.2, -0.15) is 0 Å². The van der Waals surface area contributed by atoms with Crippen LogP contribution in [-0.4, -0.2) is 30.4 Å². The summed E-state index contributed by atoms with van der Waals surface area (Å²) in [5.74, 6) is 0.777. The molecule has 6 heteroatoms. The molecule has 122 valence electrons. The lowest BCUT2D eigenvalue weighted by Crippen LogP contribution is -2.51. The minimum absolute atomic E-state index is 0. The predicted molar refractivity (Wildman–Crippen MR) is 93.1 cm³/mol. The molecule has 0 spiro atoms. The molecule has 1 saturated heterocycles. The Morgan fingerprint density at radius 2 is 2.05 bits per heavy atom. The topological polar surface area (TPSA) is 32.3 Å². The van der Waals surface area contributed by atoms with Crippen molar-refractivity contribution in [3.8, 4) is 0 Å². The third-order valence-electron chi connectivity index (χ3n) is 4.88. The summed E-state index contributed by atoms with van der Waals surface area (Å²) in [6.45, 7) is 6.74. The summed E-state index contributed by atoms with van der Waals surface area (Å²) in [6.07, 6.45) is 0.821. The van der Waals surface area contributed by atoms with E-state index in [0.29, 0.717) is 16.0 Å². The molecule has 22 heavy (non-hydrogen) atoms. The summed E-state index contributed by atoms with van der Waals surface area (Å²) < 4.78 is 0. The standard InChI is InChI=1S/C16H20Cl2N2O.ClH/c1-9(12-7-19-8-12)16(21)20-4-3-11-5-13(17)6-14(18)15(11)10(20)2;/h5-6,9-10,12,19H,3-4,7-8H2,1-2H3;1H. The Morgan fingerprint density at radius 1 is 1.36 bits per heavy atom. The summed E-state index contributed by atoms with van der Waals surface area (Å²) in [6, 6.07) is 3.76. The molecule has 3 rings (SSSR count). The van der Waals surface area contributed by atoms with Crippen molar-refractivity contribution in [3.05, 3.63) is 33.3 Å². The molecule has 0 bridgehead atoms. The van der Waals surface area contributed by atoms with E-state index in [0.717, 1.165) is 31.6 Å². The highest BCUT2D eigenvalue weighted by atomic mass is 35.5. The molecular weight excluding hydrogens is 343 g/mol. The van der Waals surface area contributed by atoms with Crippen molar-refractivity contribution in [2.24, 2.45) is 11.8 Å². The Balaban J connectivity index is 0.00000176. The first kappa shape index (κ1) is 17.9.